The van der Waals surface area contributed by atoms with Gasteiger partial charge >= 0.3 is 0 Å². The largest absolute Gasteiger partial charge is 0.508 e. The molecule has 2 heterocycles. The van der Waals surface area contributed by atoms with Gasteiger partial charge in [-0.05, 0) is 23.8 Å². The van der Waals surface area contributed by atoms with Gasteiger partial charge < -0.3 is 15.4 Å². The maximum absolute atomic E-state index is 9.45. The number of H-pyrrole nitrogens is 1. The fourth-order valence-electron chi connectivity index (χ4n) is 2.19. The first kappa shape index (κ1) is 9.48. The summed E-state index contributed by atoms with van der Waals surface area (Å²) in [6, 6.07) is 9.50. The van der Waals surface area contributed by atoms with E-state index in [1.807, 2.05) is 12.1 Å². The molecule has 0 fully saturated rings. The summed E-state index contributed by atoms with van der Waals surface area (Å²) in [5.41, 5.74) is 4.78. The Morgan fingerprint density at radius 2 is 2.12 bits per heavy atom. The Hall–Kier alpha value is -1.74. The van der Waals surface area contributed by atoms with Crippen LogP contribution in [0.4, 0.5) is 0 Å². The van der Waals surface area contributed by atoms with Crippen molar-refractivity contribution in [2.24, 2.45) is 0 Å². The molecule has 0 saturated heterocycles. The van der Waals surface area contributed by atoms with Crippen molar-refractivity contribution in [2.45, 2.75) is 13.0 Å². The Labute approximate surface area is 94.1 Å². The zero-order chi connectivity index (χ0) is 11.0. The minimum atomic E-state index is 0.309. The minimum absolute atomic E-state index is 0.309. The van der Waals surface area contributed by atoms with Crippen molar-refractivity contribution in [2.75, 3.05) is 6.54 Å². The van der Waals surface area contributed by atoms with Gasteiger partial charge in [0.05, 0.1) is 0 Å². The van der Waals surface area contributed by atoms with Gasteiger partial charge in [0.15, 0.2) is 0 Å². The molecule has 1 aliphatic heterocycles. The van der Waals surface area contributed by atoms with Crippen LogP contribution in [0.15, 0.2) is 30.3 Å². The molecule has 3 heteroatoms. The summed E-state index contributed by atoms with van der Waals surface area (Å²) in [4.78, 5) is 3.43. The lowest BCUT2D eigenvalue weighted by molar-refractivity contribution is 0.475. The second-order valence-electron chi connectivity index (χ2n) is 4.16. The number of nitrogens with one attached hydrogen (secondary N) is 2. The topological polar surface area (TPSA) is 48.0 Å². The number of phenols is 1. The highest BCUT2D eigenvalue weighted by molar-refractivity contribution is 5.63. The van der Waals surface area contributed by atoms with E-state index in [9.17, 15) is 5.11 Å². The summed E-state index contributed by atoms with van der Waals surface area (Å²) in [5.74, 6) is 0.309. The van der Waals surface area contributed by atoms with E-state index in [-0.39, 0.29) is 0 Å². The first-order chi connectivity index (χ1) is 7.83. The van der Waals surface area contributed by atoms with Crippen LogP contribution in [0, 0.1) is 0 Å². The third kappa shape index (κ3) is 1.59. The third-order valence-electron chi connectivity index (χ3n) is 3.02. The standard InChI is InChI=1S/C13H14N2O/c16-11-3-1-2-9(6-11)13-7-10-8-14-5-4-12(10)15-13/h1-3,6-7,14-16H,4-5,8H2. The molecule has 3 N–H and O–H groups in total. The number of aromatic hydroxyl groups is 1. The first-order valence-corrected chi connectivity index (χ1v) is 5.54. The first-order valence-electron chi connectivity index (χ1n) is 5.54. The zero-order valence-corrected chi connectivity index (χ0v) is 8.96. The number of aromatic nitrogens is 1. The van der Waals surface area contributed by atoms with Crippen LogP contribution in [-0.4, -0.2) is 16.6 Å². The molecule has 16 heavy (non-hydrogen) atoms. The summed E-state index contributed by atoms with van der Waals surface area (Å²) < 4.78 is 0. The molecule has 0 radical (unpaired) electrons. The van der Waals surface area contributed by atoms with E-state index in [0.29, 0.717) is 5.75 Å². The van der Waals surface area contributed by atoms with Crippen LogP contribution in [-0.2, 0) is 13.0 Å². The monoisotopic (exact) mass is 214 g/mol. The third-order valence-corrected chi connectivity index (χ3v) is 3.02. The second-order valence-corrected chi connectivity index (χ2v) is 4.16. The molecular weight excluding hydrogens is 200 g/mol. The zero-order valence-electron chi connectivity index (χ0n) is 8.96. The van der Waals surface area contributed by atoms with Crippen molar-refractivity contribution < 1.29 is 5.11 Å². The van der Waals surface area contributed by atoms with Crippen LogP contribution in [0.25, 0.3) is 11.3 Å². The average Bonchev–Trinajstić information content (AvgIpc) is 2.72. The Bertz CT molecular complexity index is 493. The van der Waals surface area contributed by atoms with Crippen LogP contribution >= 0.6 is 0 Å². The van der Waals surface area contributed by atoms with Gasteiger partial charge in [0.1, 0.15) is 5.75 Å². The van der Waals surface area contributed by atoms with Crippen LogP contribution in [0.5, 0.6) is 5.75 Å². The van der Waals surface area contributed by atoms with Crippen molar-refractivity contribution in [1.29, 1.82) is 0 Å². The number of aromatic amines is 1. The summed E-state index contributed by atoms with van der Waals surface area (Å²) in [7, 11) is 0. The van der Waals surface area contributed by atoms with Crippen LogP contribution in [0.3, 0.4) is 0 Å². The van der Waals surface area contributed by atoms with Crippen LogP contribution in [0.1, 0.15) is 11.3 Å². The van der Waals surface area contributed by atoms with E-state index >= 15 is 0 Å². The molecule has 82 valence electrons. The van der Waals surface area contributed by atoms with Crippen molar-refractivity contribution >= 4 is 0 Å². The number of benzene rings is 1. The smallest absolute Gasteiger partial charge is 0.116 e. The number of hydrogen-bond acceptors (Lipinski definition) is 2. The van der Waals surface area contributed by atoms with Crippen molar-refractivity contribution in [1.82, 2.24) is 10.3 Å². The molecule has 0 amide bonds. The van der Waals surface area contributed by atoms with Crippen LogP contribution in [0.2, 0.25) is 0 Å². The second kappa shape index (κ2) is 3.68. The molecule has 1 aromatic heterocycles. The van der Waals surface area contributed by atoms with E-state index in [1.165, 1.54) is 11.3 Å². The highest BCUT2D eigenvalue weighted by Crippen LogP contribution is 2.26. The average molecular weight is 214 g/mol. The fourth-order valence-corrected chi connectivity index (χ4v) is 2.19. The van der Waals surface area contributed by atoms with Gasteiger partial charge in [-0.2, -0.15) is 0 Å². The van der Waals surface area contributed by atoms with E-state index in [0.717, 1.165) is 30.8 Å². The summed E-state index contributed by atoms with van der Waals surface area (Å²) >= 11 is 0. The van der Waals surface area contributed by atoms with E-state index in [1.54, 1.807) is 12.1 Å². The Morgan fingerprint density at radius 1 is 1.19 bits per heavy atom. The SMILES string of the molecule is Oc1cccc(-c2cc3c([nH]2)CCNC3)c1. The lowest BCUT2D eigenvalue weighted by atomic mass is 10.1. The number of fused-ring (bicyclic) bond motifs is 1. The predicted octanol–water partition coefficient (Wildman–Crippen LogP) is 2.03. The molecular formula is C13H14N2O. The van der Waals surface area contributed by atoms with Gasteiger partial charge in [-0.1, -0.05) is 12.1 Å². The van der Waals surface area contributed by atoms with Crippen LogP contribution < -0.4 is 5.32 Å². The van der Waals surface area contributed by atoms with Gasteiger partial charge in [-0.15, -0.1) is 0 Å². The number of hydrogen-bond donors (Lipinski definition) is 3. The van der Waals surface area contributed by atoms with Crippen molar-refractivity contribution in [3.05, 3.63) is 41.6 Å². The maximum atomic E-state index is 9.45. The molecule has 0 unspecified atom stereocenters. The molecule has 0 atom stereocenters. The highest BCUT2D eigenvalue weighted by Gasteiger charge is 2.12. The molecule has 2 aromatic rings. The fraction of sp³-hybridized carbons (Fsp3) is 0.231. The van der Waals surface area contributed by atoms with E-state index in [4.69, 9.17) is 0 Å². The van der Waals surface area contributed by atoms with Gasteiger partial charge in [0, 0.05) is 36.5 Å². The molecule has 0 saturated carbocycles. The van der Waals surface area contributed by atoms with Gasteiger partial charge in [-0.3, -0.25) is 0 Å². The molecule has 3 nitrogen and oxygen atoms in total. The quantitative estimate of drug-likeness (QED) is 0.680. The Kier molecular flexibility index (Phi) is 2.18. The summed E-state index contributed by atoms with van der Waals surface area (Å²) in [6.45, 7) is 1.97. The molecule has 1 aromatic carbocycles. The Morgan fingerprint density at radius 3 is 2.94 bits per heavy atom. The number of phenolic OH excluding ortho intramolecular Hbond substituents is 1. The minimum Gasteiger partial charge on any atom is -0.508 e. The molecule has 0 aliphatic carbocycles. The summed E-state index contributed by atoms with van der Waals surface area (Å²) in [6.07, 6.45) is 1.05. The molecule has 1 aliphatic rings. The summed E-state index contributed by atoms with van der Waals surface area (Å²) in [5, 5.41) is 12.8. The lowest BCUT2D eigenvalue weighted by Gasteiger charge is -2.11. The van der Waals surface area contributed by atoms with E-state index < -0.39 is 0 Å². The molecule has 0 spiro atoms. The number of rotatable bonds is 1. The van der Waals surface area contributed by atoms with Gasteiger partial charge in [-0.25, -0.2) is 0 Å². The van der Waals surface area contributed by atoms with Crippen molar-refractivity contribution in [3.8, 4) is 17.0 Å². The van der Waals surface area contributed by atoms with Crippen molar-refractivity contribution in [3.63, 3.8) is 0 Å². The van der Waals surface area contributed by atoms with Gasteiger partial charge in [0.25, 0.3) is 0 Å². The Balaban J connectivity index is 2.03. The molecule has 0 bridgehead atoms. The highest BCUT2D eigenvalue weighted by atomic mass is 16.3. The molecule has 3 rings (SSSR count). The lowest BCUT2D eigenvalue weighted by Crippen LogP contribution is -2.22. The predicted molar refractivity (Wildman–Crippen MR) is 63.3 cm³/mol. The maximum Gasteiger partial charge on any atom is 0.116 e. The van der Waals surface area contributed by atoms with Gasteiger partial charge in [0.2, 0.25) is 0 Å². The van der Waals surface area contributed by atoms with E-state index in [2.05, 4.69) is 16.4 Å². The normalized spacial score (nSPS) is 14.8.